The summed E-state index contributed by atoms with van der Waals surface area (Å²) in [6.45, 7) is 0. The van der Waals surface area contributed by atoms with Crippen molar-refractivity contribution in [1.82, 2.24) is 9.55 Å². The maximum absolute atomic E-state index is 11.3. The smallest absolute Gasteiger partial charge is 0.241 e. The molecule has 5 nitrogen and oxygen atoms in total. The molecule has 0 saturated heterocycles. The van der Waals surface area contributed by atoms with Gasteiger partial charge in [0.25, 0.3) is 0 Å². The molecule has 3 aromatic rings. The second-order valence-electron chi connectivity index (χ2n) is 5.77. The first-order valence-corrected chi connectivity index (χ1v) is 7.75. The molecule has 0 aliphatic heterocycles. The van der Waals surface area contributed by atoms with E-state index >= 15 is 0 Å². The van der Waals surface area contributed by atoms with Gasteiger partial charge in [-0.2, -0.15) is 0 Å². The Morgan fingerprint density at radius 2 is 1.83 bits per heavy atom. The van der Waals surface area contributed by atoms with Crippen LogP contribution in [0.4, 0.5) is 0 Å². The molecule has 0 spiro atoms. The fraction of sp³-hybridized carbons (Fsp3) is 0.105. The summed E-state index contributed by atoms with van der Waals surface area (Å²) in [5.41, 5.74) is 3.75. The Kier molecular flexibility index (Phi) is 3.46. The monoisotopic (exact) mass is 317 g/mol. The summed E-state index contributed by atoms with van der Waals surface area (Å²) in [6, 6.07) is 15.1. The lowest BCUT2D eigenvalue weighted by Crippen LogP contribution is -2.25. The van der Waals surface area contributed by atoms with Crippen LogP contribution in [-0.4, -0.2) is 20.5 Å². The van der Waals surface area contributed by atoms with E-state index in [-0.39, 0.29) is 10.8 Å². The number of aromatic nitrogens is 2. The Morgan fingerprint density at radius 1 is 1.04 bits per heavy atom. The average Bonchev–Trinajstić information content (AvgIpc) is 3.05. The second kappa shape index (κ2) is 5.77. The lowest BCUT2D eigenvalue weighted by molar-refractivity contribution is -0.511. The van der Waals surface area contributed by atoms with Crippen molar-refractivity contribution < 1.29 is 4.92 Å². The van der Waals surface area contributed by atoms with E-state index in [1.165, 1.54) is 0 Å². The average molecular weight is 317 g/mol. The van der Waals surface area contributed by atoms with E-state index in [4.69, 9.17) is 0 Å². The third-order valence-electron chi connectivity index (χ3n) is 4.34. The molecular formula is C19H15N3O2. The molecule has 118 valence electrons. The van der Waals surface area contributed by atoms with E-state index in [0.717, 1.165) is 22.3 Å². The third-order valence-corrected chi connectivity index (χ3v) is 4.34. The van der Waals surface area contributed by atoms with Crippen molar-refractivity contribution in [1.29, 1.82) is 0 Å². The molecule has 2 atom stereocenters. The van der Waals surface area contributed by atoms with E-state index in [1.54, 1.807) is 18.5 Å². The second-order valence-corrected chi connectivity index (χ2v) is 5.77. The third kappa shape index (κ3) is 2.40. The molecule has 2 aromatic carbocycles. The van der Waals surface area contributed by atoms with Crippen LogP contribution in [0.5, 0.6) is 0 Å². The van der Waals surface area contributed by atoms with Gasteiger partial charge in [0, 0.05) is 10.6 Å². The Labute approximate surface area is 138 Å². The molecule has 0 amide bonds. The van der Waals surface area contributed by atoms with Crippen molar-refractivity contribution in [2.45, 2.75) is 12.0 Å². The van der Waals surface area contributed by atoms with Crippen molar-refractivity contribution in [3.05, 3.63) is 94.8 Å². The van der Waals surface area contributed by atoms with Crippen LogP contribution in [0, 0.1) is 10.1 Å². The number of fused-ring (bicyclic) bond motifs is 1. The van der Waals surface area contributed by atoms with Crippen molar-refractivity contribution in [2.24, 2.45) is 0 Å². The van der Waals surface area contributed by atoms with E-state index in [1.807, 2.05) is 65.3 Å². The molecule has 0 radical (unpaired) electrons. The first kappa shape index (κ1) is 14.4. The number of para-hydroxylation sites is 1. The van der Waals surface area contributed by atoms with Gasteiger partial charge in [-0.15, -0.1) is 0 Å². The predicted molar refractivity (Wildman–Crippen MR) is 92.9 cm³/mol. The maximum atomic E-state index is 11.3. The molecule has 1 aliphatic carbocycles. The van der Waals surface area contributed by atoms with Crippen molar-refractivity contribution in [3.63, 3.8) is 0 Å². The number of rotatable bonds is 3. The van der Waals surface area contributed by atoms with Gasteiger partial charge >= 0.3 is 0 Å². The number of nitrogens with zero attached hydrogens (tertiary/aromatic N) is 3. The molecule has 0 saturated carbocycles. The number of hydrogen-bond donors (Lipinski definition) is 0. The lowest BCUT2D eigenvalue weighted by atomic mass is 9.88. The minimum Gasteiger partial charge on any atom is -0.299 e. The summed E-state index contributed by atoms with van der Waals surface area (Å²) < 4.78 is 2.00. The highest BCUT2D eigenvalue weighted by atomic mass is 16.6. The molecule has 0 N–H and O–H groups in total. The fourth-order valence-electron chi connectivity index (χ4n) is 3.13. The van der Waals surface area contributed by atoms with Gasteiger partial charge in [-0.3, -0.25) is 14.7 Å². The highest BCUT2D eigenvalue weighted by Gasteiger charge is 2.30. The number of benzene rings is 2. The number of hydrogen-bond acceptors (Lipinski definition) is 3. The van der Waals surface area contributed by atoms with Crippen LogP contribution in [0.2, 0.25) is 0 Å². The lowest BCUT2D eigenvalue weighted by Gasteiger charge is -2.18. The summed E-state index contributed by atoms with van der Waals surface area (Å²) in [6.07, 6.45) is 8.91. The van der Waals surface area contributed by atoms with Gasteiger partial charge in [-0.05, 0) is 35.9 Å². The van der Waals surface area contributed by atoms with Gasteiger partial charge in [-0.25, -0.2) is 4.98 Å². The molecule has 1 aromatic heterocycles. The normalized spacial score (nSPS) is 19.7. The number of allylic oxidation sites excluding steroid dienone is 2. The molecular weight excluding hydrogens is 302 g/mol. The Bertz CT molecular complexity index is 957. The predicted octanol–water partition coefficient (Wildman–Crippen LogP) is 3.88. The van der Waals surface area contributed by atoms with E-state index in [2.05, 4.69) is 4.98 Å². The van der Waals surface area contributed by atoms with E-state index in [9.17, 15) is 10.1 Å². The van der Waals surface area contributed by atoms with Gasteiger partial charge in [0.1, 0.15) is 6.33 Å². The van der Waals surface area contributed by atoms with E-state index < -0.39 is 6.04 Å². The van der Waals surface area contributed by atoms with Gasteiger partial charge in [0.2, 0.25) is 6.04 Å². The minimum absolute atomic E-state index is 0.233. The summed E-state index contributed by atoms with van der Waals surface area (Å²) in [5, 5.41) is 11.3. The number of imidazole rings is 1. The minimum atomic E-state index is -0.736. The van der Waals surface area contributed by atoms with Crippen LogP contribution in [0.15, 0.2) is 79.2 Å². The zero-order valence-electron chi connectivity index (χ0n) is 12.8. The standard InChI is InChI=1S/C19H15N3O2/c23-22(24)18-9-5-4-8-16(18)14-10-11-17-19(12-14)21(13-20-17)15-6-2-1-3-7-15/h1-13,16,18H. The van der Waals surface area contributed by atoms with E-state index in [0.29, 0.717) is 0 Å². The molecule has 1 aliphatic rings. The van der Waals surface area contributed by atoms with Crippen LogP contribution < -0.4 is 0 Å². The van der Waals surface area contributed by atoms with Crippen LogP contribution >= 0.6 is 0 Å². The zero-order valence-corrected chi connectivity index (χ0v) is 12.8. The molecule has 5 heteroatoms. The van der Waals surface area contributed by atoms with Crippen LogP contribution in [0.3, 0.4) is 0 Å². The van der Waals surface area contributed by atoms with Crippen LogP contribution in [0.1, 0.15) is 11.5 Å². The molecule has 24 heavy (non-hydrogen) atoms. The summed E-state index contributed by atoms with van der Waals surface area (Å²) in [7, 11) is 0. The van der Waals surface area contributed by atoms with Crippen molar-refractivity contribution in [2.75, 3.05) is 0 Å². The number of nitro groups is 1. The Balaban J connectivity index is 1.82. The Morgan fingerprint density at radius 3 is 2.62 bits per heavy atom. The quantitative estimate of drug-likeness (QED) is 0.544. The highest BCUT2D eigenvalue weighted by Crippen LogP contribution is 2.30. The summed E-state index contributed by atoms with van der Waals surface area (Å²) in [4.78, 5) is 15.5. The first-order valence-electron chi connectivity index (χ1n) is 7.75. The molecule has 0 fully saturated rings. The fourth-order valence-corrected chi connectivity index (χ4v) is 3.13. The first-order chi connectivity index (χ1) is 11.7. The van der Waals surface area contributed by atoms with Gasteiger partial charge in [-0.1, -0.05) is 42.5 Å². The zero-order chi connectivity index (χ0) is 16.5. The van der Waals surface area contributed by atoms with Crippen LogP contribution in [0.25, 0.3) is 16.7 Å². The highest BCUT2D eigenvalue weighted by molar-refractivity contribution is 5.78. The van der Waals surface area contributed by atoms with Crippen molar-refractivity contribution in [3.8, 4) is 5.69 Å². The van der Waals surface area contributed by atoms with Gasteiger partial charge < -0.3 is 0 Å². The largest absolute Gasteiger partial charge is 0.299 e. The maximum Gasteiger partial charge on any atom is 0.241 e. The summed E-state index contributed by atoms with van der Waals surface area (Å²) in [5.74, 6) is -0.270. The van der Waals surface area contributed by atoms with Gasteiger partial charge in [0.15, 0.2) is 0 Å². The Hall–Kier alpha value is -3.21. The van der Waals surface area contributed by atoms with Crippen LogP contribution in [-0.2, 0) is 0 Å². The van der Waals surface area contributed by atoms with Gasteiger partial charge in [0.05, 0.1) is 17.0 Å². The molecule has 1 heterocycles. The van der Waals surface area contributed by atoms with Crippen molar-refractivity contribution >= 4 is 11.0 Å². The molecule has 0 bridgehead atoms. The topological polar surface area (TPSA) is 61.0 Å². The molecule has 2 unspecified atom stereocenters. The molecule has 4 rings (SSSR count). The SMILES string of the molecule is O=[N+]([O-])C1C=CC=CC1c1ccc2ncn(-c3ccccc3)c2c1. The summed E-state index contributed by atoms with van der Waals surface area (Å²) >= 11 is 0.